The lowest BCUT2D eigenvalue weighted by Gasteiger charge is -2.35. The van der Waals surface area contributed by atoms with Crippen molar-refractivity contribution in [1.29, 1.82) is 0 Å². The predicted molar refractivity (Wildman–Crippen MR) is 92.7 cm³/mol. The second-order valence-electron chi connectivity index (χ2n) is 7.26. The number of nitrogens with one attached hydrogen (secondary N) is 1. The summed E-state index contributed by atoms with van der Waals surface area (Å²) in [5, 5.41) is 3.14. The van der Waals surface area contributed by atoms with Gasteiger partial charge in [0.15, 0.2) is 0 Å². The Kier molecular flexibility index (Phi) is 4.72. The zero-order valence-corrected chi connectivity index (χ0v) is 14.4. The number of ether oxygens (including phenoxy) is 1. The summed E-state index contributed by atoms with van der Waals surface area (Å²) in [6, 6.07) is 10.2. The van der Waals surface area contributed by atoms with E-state index in [-0.39, 0.29) is 31.1 Å². The highest BCUT2D eigenvalue weighted by molar-refractivity contribution is 5.89. The molecule has 0 spiro atoms. The van der Waals surface area contributed by atoms with Gasteiger partial charge in [-0.1, -0.05) is 30.3 Å². The number of rotatable bonds is 5. The number of morpholine rings is 1. The van der Waals surface area contributed by atoms with Gasteiger partial charge in [0.25, 0.3) is 0 Å². The van der Waals surface area contributed by atoms with Gasteiger partial charge < -0.3 is 15.0 Å². The molecular formula is C19H25N3O3. The van der Waals surface area contributed by atoms with E-state index in [0.717, 1.165) is 31.1 Å². The first-order valence-electron chi connectivity index (χ1n) is 9.16. The van der Waals surface area contributed by atoms with Crippen LogP contribution >= 0.6 is 0 Å². The van der Waals surface area contributed by atoms with Crippen molar-refractivity contribution in [2.75, 3.05) is 26.3 Å². The van der Waals surface area contributed by atoms with Gasteiger partial charge >= 0.3 is 0 Å². The van der Waals surface area contributed by atoms with Crippen LogP contribution in [0.3, 0.4) is 0 Å². The monoisotopic (exact) mass is 343 g/mol. The molecule has 1 aromatic rings. The summed E-state index contributed by atoms with van der Waals surface area (Å²) in [6.07, 6.45) is 3.56. The third-order valence-electron chi connectivity index (χ3n) is 5.33. The molecule has 0 bridgehead atoms. The topological polar surface area (TPSA) is 61.9 Å². The number of carbonyl (C=O) groups is 2. The van der Waals surface area contributed by atoms with E-state index in [9.17, 15) is 9.59 Å². The Labute approximate surface area is 148 Å². The van der Waals surface area contributed by atoms with Crippen LogP contribution in [-0.4, -0.2) is 66.0 Å². The summed E-state index contributed by atoms with van der Waals surface area (Å²) >= 11 is 0. The molecule has 25 heavy (non-hydrogen) atoms. The van der Waals surface area contributed by atoms with Gasteiger partial charge in [-0.05, 0) is 24.8 Å². The fraction of sp³-hybridized carbons (Fsp3) is 0.579. The molecule has 0 unspecified atom stereocenters. The van der Waals surface area contributed by atoms with Crippen LogP contribution in [0.25, 0.3) is 0 Å². The van der Waals surface area contributed by atoms with E-state index in [2.05, 4.69) is 10.2 Å². The van der Waals surface area contributed by atoms with Gasteiger partial charge in [-0.25, -0.2) is 0 Å². The molecule has 2 amide bonds. The molecule has 134 valence electrons. The number of amides is 2. The largest absolute Gasteiger partial charge is 0.369 e. The summed E-state index contributed by atoms with van der Waals surface area (Å²) in [7, 11) is 0. The molecule has 1 saturated carbocycles. The molecule has 3 aliphatic rings. The number of benzene rings is 1. The van der Waals surface area contributed by atoms with E-state index in [1.807, 2.05) is 30.3 Å². The highest BCUT2D eigenvalue weighted by atomic mass is 16.5. The molecule has 3 fully saturated rings. The van der Waals surface area contributed by atoms with E-state index < -0.39 is 6.04 Å². The molecule has 1 N–H and O–H groups in total. The van der Waals surface area contributed by atoms with E-state index in [4.69, 9.17) is 4.74 Å². The summed E-state index contributed by atoms with van der Waals surface area (Å²) in [4.78, 5) is 29.2. The molecule has 6 heteroatoms. The predicted octanol–water partition coefficient (Wildman–Crippen LogP) is 0.767. The van der Waals surface area contributed by atoms with Crippen LogP contribution in [0.2, 0.25) is 0 Å². The van der Waals surface area contributed by atoms with Crippen LogP contribution in [0.15, 0.2) is 30.3 Å². The van der Waals surface area contributed by atoms with Crippen molar-refractivity contribution >= 4 is 11.8 Å². The maximum Gasteiger partial charge on any atom is 0.249 e. The average molecular weight is 343 g/mol. The van der Waals surface area contributed by atoms with E-state index in [0.29, 0.717) is 6.54 Å². The van der Waals surface area contributed by atoms with Crippen LogP contribution in [0, 0.1) is 0 Å². The number of nitrogens with zero attached hydrogens (tertiary/aromatic N) is 2. The van der Waals surface area contributed by atoms with Gasteiger partial charge in [0, 0.05) is 31.7 Å². The highest BCUT2D eigenvalue weighted by Crippen LogP contribution is 2.29. The molecule has 1 aliphatic carbocycles. The van der Waals surface area contributed by atoms with Gasteiger partial charge in [0.05, 0.1) is 6.61 Å². The number of carbonyl (C=O) groups excluding carboxylic acids is 2. The molecule has 2 atom stereocenters. The number of likely N-dealkylation sites (tertiary alicyclic amines) is 1. The highest BCUT2D eigenvalue weighted by Gasteiger charge is 2.38. The molecule has 2 heterocycles. The molecule has 2 saturated heterocycles. The Morgan fingerprint density at radius 3 is 2.76 bits per heavy atom. The van der Waals surface area contributed by atoms with Crippen molar-refractivity contribution in [3.8, 4) is 0 Å². The van der Waals surface area contributed by atoms with Crippen LogP contribution in [0.4, 0.5) is 0 Å². The summed E-state index contributed by atoms with van der Waals surface area (Å²) < 4.78 is 5.35. The van der Waals surface area contributed by atoms with Crippen LogP contribution in [0.5, 0.6) is 0 Å². The molecular weight excluding hydrogens is 318 g/mol. The summed E-state index contributed by atoms with van der Waals surface area (Å²) in [6.45, 7) is 2.75. The third-order valence-corrected chi connectivity index (χ3v) is 5.33. The van der Waals surface area contributed by atoms with Crippen molar-refractivity contribution in [3.05, 3.63) is 35.9 Å². The zero-order chi connectivity index (χ0) is 17.2. The fourth-order valence-electron chi connectivity index (χ4n) is 3.77. The van der Waals surface area contributed by atoms with Crippen molar-refractivity contribution in [1.82, 2.24) is 15.1 Å². The second kappa shape index (κ2) is 7.14. The third kappa shape index (κ3) is 3.85. The normalized spacial score (nSPS) is 27.5. The smallest absolute Gasteiger partial charge is 0.249 e. The minimum atomic E-state index is -0.545. The SMILES string of the molecule is O=C(N[C@H]1CCN(C2CC2)C1)[C@@H]1COCC(=O)N1Cc1ccccc1. The first-order valence-corrected chi connectivity index (χ1v) is 9.16. The lowest BCUT2D eigenvalue weighted by Crippen LogP contribution is -2.57. The summed E-state index contributed by atoms with van der Waals surface area (Å²) in [5.41, 5.74) is 1.02. The standard InChI is InChI=1S/C19H25N3O3/c23-18-13-25-12-17(22(18)10-14-4-2-1-3-5-14)19(24)20-15-8-9-21(11-15)16-6-7-16/h1-5,15-17H,6-13H2,(H,20,24)/t15-,17-/m0/s1. The van der Waals surface area contributed by atoms with Crippen molar-refractivity contribution in [2.24, 2.45) is 0 Å². The zero-order valence-electron chi connectivity index (χ0n) is 14.4. The first-order chi connectivity index (χ1) is 12.2. The van der Waals surface area contributed by atoms with Crippen molar-refractivity contribution in [3.63, 3.8) is 0 Å². The van der Waals surface area contributed by atoms with Crippen LogP contribution in [-0.2, 0) is 20.9 Å². The van der Waals surface area contributed by atoms with Crippen molar-refractivity contribution in [2.45, 2.75) is 43.9 Å². The summed E-state index contributed by atoms with van der Waals surface area (Å²) in [5.74, 6) is -0.215. The number of hydrogen-bond donors (Lipinski definition) is 1. The van der Waals surface area contributed by atoms with Crippen molar-refractivity contribution < 1.29 is 14.3 Å². The molecule has 0 radical (unpaired) electrons. The fourth-order valence-corrected chi connectivity index (χ4v) is 3.77. The molecule has 6 nitrogen and oxygen atoms in total. The molecule has 2 aliphatic heterocycles. The van der Waals surface area contributed by atoms with Crippen LogP contribution < -0.4 is 5.32 Å². The van der Waals surface area contributed by atoms with Gasteiger partial charge in [-0.2, -0.15) is 0 Å². The van der Waals surface area contributed by atoms with E-state index in [1.165, 1.54) is 12.8 Å². The minimum absolute atomic E-state index is 0.0511. The average Bonchev–Trinajstić information content (AvgIpc) is 3.37. The Balaban J connectivity index is 1.39. The maximum atomic E-state index is 12.8. The Morgan fingerprint density at radius 2 is 2.00 bits per heavy atom. The molecule has 0 aromatic heterocycles. The number of hydrogen-bond acceptors (Lipinski definition) is 4. The Hall–Kier alpha value is -1.92. The lowest BCUT2D eigenvalue weighted by molar-refractivity contribution is -0.155. The Morgan fingerprint density at radius 1 is 1.20 bits per heavy atom. The molecule has 1 aromatic carbocycles. The lowest BCUT2D eigenvalue weighted by atomic mass is 10.1. The Bertz CT molecular complexity index is 632. The van der Waals surface area contributed by atoms with E-state index in [1.54, 1.807) is 4.90 Å². The van der Waals surface area contributed by atoms with E-state index >= 15 is 0 Å². The van der Waals surface area contributed by atoms with Gasteiger partial charge in [-0.15, -0.1) is 0 Å². The maximum absolute atomic E-state index is 12.8. The van der Waals surface area contributed by atoms with Gasteiger partial charge in [-0.3, -0.25) is 14.5 Å². The van der Waals surface area contributed by atoms with Crippen LogP contribution in [0.1, 0.15) is 24.8 Å². The molecule has 4 rings (SSSR count). The quantitative estimate of drug-likeness (QED) is 0.858. The van der Waals surface area contributed by atoms with Gasteiger partial charge in [0.2, 0.25) is 11.8 Å². The second-order valence-corrected chi connectivity index (χ2v) is 7.26. The minimum Gasteiger partial charge on any atom is -0.369 e. The van der Waals surface area contributed by atoms with Gasteiger partial charge in [0.1, 0.15) is 12.6 Å². The first kappa shape index (κ1) is 16.5.